The second-order valence-electron chi connectivity index (χ2n) is 23.7. The molecule has 5 aliphatic rings. The second kappa shape index (κ2) is 23.9. The van der Waals surface area contributed by atoms with Crippen LogP contribution in [0.2, 0.25) is 0 Å². The lowest BCUT2D eigenvalue weighted by atomic mass is 10.0. The van der Waals surface area contributed by atoms with Crippen LogP contribution in [0.5, 0.6) is 0 Å². The molecule has 0 spiro atoms. The number of quaternary nitrogens is 4. The van der Waals surface area contributed by atoms with Crippen molar-refractivity contribution in [2.45, 2.75) is 56.7 Å². The Kier molecular flexibility index (Phi) is 18.4. The van der Waals surface area contributed by atoms with Crippen molar-refractivity contribution in [3.8, 4) is 0 Å². The van der Waals surface area contributed by atoms with E-state index >= 15 is 0 Å². The van der Waals surface area contributed by atoms with E-state index in [2.05, 4.69) is 103 Å². The van der Waals surface area contributed by atoms with Gasteiger partial charge in [-0.1, -0.05) is 0 Å². The number of nitrogen functional groups attached to an aromatic ring is 8. The van der Waals surface area contributed by atoms with Crippen molar-refractivity contribution in [1.29, 1.82) is 0 Å². The molecule has 0 amide bonds. The molecule has 2 atom stereocenters. The van der Waals surface area contributed by atoms with Crippen molar-refractivity contribution in [3.63, 3.8) is 0 Å². The number of anilines is 12. The smallest absolute Gasteiger partial charge is 0.152 e. The monoisotopic (exact) mass is 1010 g/mol. The third-order valence-electron chi connectivity index (χ3n) is 15.3. The number of aromatic nitrogens is 4. The number of pyridine rings is 4. The van der Waals surface area contributed by atoms with Gasteiger partial charge in [0.2, 0.25) is 0 Å². The number of rotatable bonds is 8. The van der Waals surface area contributed by atoms with Crippen LogP contribution in [0.25, 0.3) is 0 Å². The highest BCUT2D eigenvalue weighted by atomic mass is 16.5. The summed E-state index contributed by atoms with van der Waals surface area (Å²) in [7, 11) is 20.3. The summed E-state index contributed by atoms with van der Waals surface area (Å²) in [5.41, 5.74) is 51.9. The molecule has 5 aliphatic heterocycles. The van der Waals surface area contributed by atoms with Gasteiger partial charge in [0.05, 0.1) is 199 Å². The minimum absolute atomic E-state index is 0.251. The molecule has 4 aromatic heterocycles. The predicted molar refractivity (Wildman–Crippen MR) is 305 cm³/mol. The fourth-order valence-electron chi connectivity index (χ4n) is 10.7. The number of morpholine rings is 1. The lowest BCUT2D eigenvalue weighted by molar-refractivity contribution is -0.900. The van der Waals surface area contributed by atoms with Crippen LogP contribution in [0, 0.1) is 0 Å². The van der Waals surface area contributed by atoms with Gasteiger partial charge in [0.15, 0.2) is 23.3 Å². The normalized spacial score (nSPS) is 21.2. The number of piperazine rings is 1. The molecule has 404 valence electrons. The Bertz CT molecular complexity index is 2380. The van der Waals surface area contributed by atoms with Crippen LogP contribution in [-0.2, 0) is 4.74 Å². The maximum Gasteiger partial charge on any atom is 0.152 e. The fourth-order valence-corrected chi connectivity index (χ4v) is 10.7. The maximum atomic E-state index is 6.06. The summed E-state index contributed by atoms with van der Waals surface area (Å²) in [6.07, 6.45) is 14.4. The molecule has 21 heteroatoms. The van der Waals surface area contributed by atoms with Crippen LogP contribution >= 0.6 is 0 Å². The number of ether oxygens (including phenoxy) is 1. The van der Waals surface area contributed by atoms with Crippen molar-refractivity contribution in [2.24, 2.45) is 0 Å². The first-order valence-electron chi connectivity index (χ1n) is 26.2. The Labute approximate surface area is 436 Å². The van der Waals surface area contributed by atoms with Gasteiger partial charge < -0.3 is 88.1 Å². The third-order valence-corrected chi connectivity index (χ3v) is 15.3. The molecular formula is C52H94N20O+4. The highest BCUT2D eigenvalue weighted by molar-refractivity contribution is 5.69. The number of nitrogens with two attached hydrogens (primary N) is 8. The number of hydrogen-bond acceptors (Lipinski definition) is 17. The first-order chi connectivity index (χ1) is 34.3. The molecule has 0 bridgehead atoms. The zero-order valence-electron chi connectivity index (χ0n) is 45.9. The summed E-state index contributed by atoms with van der Waals surface area (Å²) in [4.78, 5) is 26.5. The van der Waals surface area contributed by atoms with E-state index in [0.29, 0.717) is 51.5 Å². The van der Waals surface area contributed by atoms with Crippen molar-refractivity contribution >= 4 is 68.8 Å². The molecule has 5 fully saturated rings. The quantitative estimate of drug-likeness (QED) is 0.118. The minimum Gasteiger partial charge on any atom is -0.397 e. The molecule has 73 heavy (non-hydrogen) atoms. The Hall–Kier alpha value is -6.00. The van der Waals surface area contributed by atoms with Crippen LogP contribution in [0.15, 0.2) is 49.1 Å². The Morgan fingerprint density at radius 2 is 0.877 bits per heavy atom. The molecule has 0 aromatic carbocycles. The average molecular weight is 1020 g/mol. The molecule has 21 nitrogen and oxygen atoms in total. The van der Waals surface area contributed by atoms with Gasteiger partial charge in [0.1, 0.15) is 18.7 Å². The molecule has 4 aromatic rings. The zero-order chi connectivity index (χ0) is 53.3. The Morgan fingerprint density at radius 1 is 0.479 bits per heavy atom. The fraction of sp³-hybridized carbons (Fsp3) is 0.615. The van der Waals surface area contributed by atoms with E-state index < -0.39 is 0 Å². The van der Waals surface area contributed by atoms with Gasteiger partial charge in [-0.25, -0.2) is 19.9 Å². The third kappa shape index (κ3) is 16.0. The SMILES string of the molecule is C[N+](C)(C)C1CCCN(c2ncc(N)cc2N)C1.C[N+](C)(C)C1CCN(c2ncc(N)cc2N)CC1.C[N+]1(C)CCN(c2ncc(N)cc2N)CC1.C[N+]1(CC2CN(c3ncc(N)cc3N)CCO2)CCCC1. The van der Waals surface area contributed by atoms with Gasteiger partial charge in [-0.05, 0) is 30.7 Å². The van der Waals surface area contributed by atoms with E-state index in [9.17, 15) is 0 Å². The van der Waals surface area contributed by atoms with Crippen LogP contribution in [0.1, 0.15) is 38.5 Å². The molecule has 9 heterocycles. The number of hydrogen-bond donors (Lipinski definition) is 8. The second-order valence-corrected chi connectivity index (χ2v) is 23.7. The van der Waals surface area contributed by atoms with Crippen molar-refractivity contribution < 1.29 is 22.7 Å². The molecular weight excluding hydrogens is 921 g/mol. The van der Waals surface area contributed by atoms with E-state index in [-0.39, 0.29) is 6.10 Å². The average Bonchev–Trinajstić information content (AvgIpc) is 3.75. The van der Waals surface area contributed by atoms with E-state index in [1.165, 1.54) is 51.6 Å². The number of likely N-dealkylation sites (tertiary alicyclic amines) is 1. The van der Waals surface area contributed by atoms with Gasteiger partial charge >= 0.3 is 0 Å². The van der Waals surface area contributed by atoms with Crippen molar-refractivity contribution in [3.05, 3.63) is 49.1 Å². The molecule has 0 saturated carbocycles. The summed E-state index contributed by atoms with van der Waals surface area (Å²) in [6, 6.07) is 8.47. The standard InChI is InChI=1S/C15H26N5O.2C13H24N5.C11H20N5/c1-20(5-2-3-6-20)11-13-10-19(4-7-21-13)15-14(17)8-12(16)9-18-15;1-18(2,3)11-4-6-17(7-5-11)13-12(15)8-10(14)9-16-13;1-18(2,3)11-5-4-6-17(9-11)13-12(15)7-10(14)8-16-13;1-16(2)5-3-15(4-6-16)11-10(13)7-9(12)8-14-11/h8-9,13H,2-7,10-11,16-17H2,1H3;8-9,11H,4-7,14-15H2,1-3H3;7-8,11H,4-6,9,14-15H2,1-3H3;7-8H,3-6,12-13H2,1-2H3/q4*+1. The number of piperidine rings is 2. The summed E-state index contributed by atoms with van der Waals surface area (Å²) in [5, 5.41) is 0. The maximum absolute atomic E-state index is 6.06. The Balaban J connectivity index is 0.000000160. The van der Waals surface area contributed by atoms with Crippen LogP contribution in [-0.4, -0.2) is 211 Å². The van der Waals surface area contributed by atoms with E-state index in [1.54, 1.807) is 49.1 Å². The zero-order valence-corrected chi connectivity index (χ0v) is 45.9. The van der Waals surface area contributed by atoms with Crippen LogP contribution in [0.3, 0.4) is 0 Å². The van der Waals surface area contributed by atoms with Crippen LogP contribution in [0.4, 0.5) is 68.8 Å². The molecule has 5 saturated heterocycles. The van der Waals surface area contributed by atoms with Crippen LogP contribution < -0.4 is 65.5 Å². The summed E-state index contributed by atoms with van der Waals surface area (Å²) < 4.78 is 10.2. The van der Waals surface area contributed by atoms with E-state index in [0.717, 1.165) is 126 Å². The molecule has 0 radical (unpaired) electrons. The van der Waals surface area contributed by atoms with Gasteiger partial charge in [-0.15, -0.1) is 0 Å². The van der Waals surface area contributed by atoms with Crippen molar-refractivity contribution in [2.75, 3.05) is 221 Å². The summed E-state index contributed by atoms with van der Waals surface area (Å²) >= 11 is 0. The number of nitrogens with zero attached hydrogens (tertiary/aromatic N) is 12. The summed E-state index contributed by atoms with van der Waals surface area (Å²) in [5.74, 6) is 3.46. The van der Waals surface area contributed by atoms with Gasteiger partial charge in [-0.2, -0.15) is 0 Å². The predicted octanol–water partition coefficient (Wildman–Crippen LogP) is 2.68. The van der Waals surface area contributed by atoms with E-state index in [1.807, 2.05) is 0 Å². The van der Waals surface area contributed by atoms with Gasteiger partial charge in [0, 0.05) is 58.3 Å². The van der Waals surface area contributed by atoms with Gasteiger partial charge in [0.25, 0.3) is 0 Å². The minimum atomic E-state index is 0.251. The first kappa shape index (κ1) is 56.3. The van der Waals surface area contributed by atoms with Gasteiger partial charge in [-0.3, -0.25) is 0 Å². The van der Waals surface area contributed by atoms with E-state index in [4.69, 9.17) is 50.6 Å². The Morgan fingerprint density at radius 3 is 1.29 bits per heavy atom. The highest BCUT2D eigenvalue weighted by Crippen LogP contribution is 2.30. The highest BCUT2D eigenvalue weighted by Gasteiger charge is 2.35. The molecule has 9 rings (SSSR count). The largest absolute Gasteiger partial charge is 0.397 e. The van der Waals surface area contributed by atoms with Crippen molar-refractivity contribution in [1.82, 2.24) is 19.9 Å². The summed E-state index contributed by atoms with van der Waals surface area (Å²) in [6.45, 7) is 14.3. The molecule has 0 aliphatic carbocycles. The molecule has 2 unspecified atom stereocenters. The number of likely N-dealkylation sites (N-methyl/N-ethyl adjacent to an activating group) is 3. The first-order valence-corrected chi connectivity index (χ1v) is 26.2. The molecule has 16 N–H and O–H groups in total. The lowest BCUT2D eigenvalue weighted by Crippen LogP contribution is -2.55. The lowest BCUT2D eigenvalue weighted by Gasteiger charge is -2.41. The topological polar surface area (TPSA) is 282 Å².